The summed E-state index contributed by atoms with van der Waals surface area (Å²) in [5.74, 6) is 0.578. The van der Waals surface area contributed by atoms with Gasteiger partial charge in [0.2, 0.25) is 0 Å². The lowest BCUT2D eigenvalue weighted by Crippen LogP contribution is -2.31. The highest BCUT2D eigenvalue weighted by molar-refractivity contribution is 7.09. The second kappa shape index (κ2) is 6.52. The van der Waals surface area contributed by atoms with Crippen LogP contribution in [0.25, 0.3) is 5.65 Å². The molecule has 3 aromatic rings. The molecule has 0 spiro atoms. The van der Waals surface area contributed by atoms with Crippen LogP contribution in [0.3, 0.4) is 0 Å². The van der Waals surface area contributed by atoms with Gasteiger partial charge in [0.1, 0.15) is 5.82 Å². The van der Waals surface area contributed by atoms with E-state index in [1.54, 1.807) is 40.4 Å². The van der Waals surface area contributed by atoms with Gasteiger partial charge < -0.3 is 5.32 Å². The van der Waals surface area contributed by atoms with E-state index >= 15 is 0 Å². The van der Waals surface area contributed by atoms with Crippen LogP contribution in [0.15, 0.2) is 29.9 Å². The minimum Gasteiger partial charge on any atom is -0.337 e. The molecule has 22 heavy (non-hydrogen) atoms. The number of fused-ring (bicyclic) bond motifs is 1. The maximum absolute atomic E-state index is 11.9. The molecule has 2 amide bonds. The first-order chi connectivity index (χ1) is 10.8. The van der Waals surface area contributed by atoms with Crippen molar-refractivity contribution in [1.82, 2.24) is 24.9 Å². The summed E-state index contributed by atoms with van der Waals surface area (Å²) >= 11 is 1.66. The third-order valence-corrected chi connectivity index (χ3v) is 4.14. The molecule has 3 rings (SSSR count). The molecule has 3 heterocycles. The number of carbonyl (C=O) groups is 1. The van der Waals surface area contributed by atoms with E-state index in [1.165, 1.54) is 0 Å². The first-order valence-corrected chi connectivity index (χ1v) is 7.91. The van der Waals surface area contributed by atoms with E-state index in [2.05, 4.69) is 32.6 Å². The van der Waals surface area contributed by atoms with E-state index in [0.717, 1.165) is 23.5 Å². The van der Waals surface area contributed by atoms with Gasteiger partial charge in [-0.15, -0.1) is 11.3 Å². The molecule has 7 nitrogen and oxygen atoms in total. The minimum absolute atomic E-state index is 0.269. The quantitative estimate of drug-likeness (QED) is 0.755. The number of aryl methyl sites for hydroxylation is 1. The topological polar surface area (TPSA) is 84.2 Å². The van der Waals surface area contributed by atoms with Crippen LogP contribution in [-0.2, 0) is 12.8 Å². The Morgan fingerprint density at radius 3 is 3.09 bits per heavy atom. The summed E-state index contributed by atoms with van der Waals surface area (Å²) in [6.45, 7) is 2.62. The molecule has 0 unspecified atom stereocenters. The van der Waals surface area contributed by atoms with Crippen LogP contribution >= 0.6 is 11.3 Å². The van der Waals surface area contributed by atoms with E-state index in [1.807, 2.05) is 5.38 Å². The number of urea groups is 1. The zero-order valence-corrected chi connectivity index (χ0v) is 12.9. The van der Waals surface area contributed by atoms with Gasteiger partial charge in [-0.1, -0.05) is 6.92 Å². The molecule has 0 saturated carbocycles. The summed E-state index contributed by atoms with van der Waals surface area (Å²) in [4.78, 5) is 20.5. The Morgan fingerprint density at radius 2 is 2.27 bits per heavy atom. The van der Waals surface area contributed by atoms with Crippen molar-refractivity contribution in [1.29, 1.82) is 0 Å². The molecular weight excluding hydrogens is 300 g/mol. The van der Waals surface area contributed by atoms with Crippen molar-refractivity contribution in [2.45, 2.75) is 19.8 Å². The number of thiazole rings is 1. The first-order valence-electron chi connectivity index (χ1n) is 7.03. The van der Waals surface area contributed by atoms with Crippen molar-refractivity contribution in [3.05, 3.63) is 40.6 Å². The highest BCUT2D eigenvalue weighted by atomic mass is 32.1. The summed E-state index contributed by atoms with van der Waals surface area (Å²) in [7, 11) is 0. The Morgan fingerprint density at radius 1 is 1.36 bits per heavy atom. The van der Waals surface area contributed by atoms with Crippen LogP contribution in [0.5, 0.6) is 0 Å². The fourth-order valence-corrected chi connectivity index (χ4v) is 2.80. The fraction of sp³-hybridized carbons (Fsp3) is 0.286. The summed E-state index contributed by atoms with van der Waals surface area (Å²) in [5, 5.41) is 12.9. The number of aromatic nitrogens is 4. The molecule has 8 heteroatoms. The zero-order chi connectivity index (χ0) is 15.4. The van der Waals surface area contributed by atoms with Crippen LogP contribution in [0.4, 0.5) is 10.6 Å². The van der Waals surface area contributed by atoms with Gasteiger partial charge >= 0.3 is 6.03 Å². The average Bonchev–Trinajstić information content (AvgIpc) is 3.16. The number of nitrogens with one attached hydrogen (secondary N) is 2. The molecule has 114 valence electrons. The van der Waals surface area contributed by atoms with Gasteiger partial charge in [-0.05, 0) is 12.5 Å². The number of hydrogen-bond donors (Lipinski definition) is 2. The van der Waals surface area contributed by atoms with Gasteiger partial charge in [-0.25, -0.2) is 14.8 Å². The number of anilines is 1. The van der Waals surface area contributed by atoms with Gasteiger partial charge in [-0.3, -0.25) is 5.32 Å². The third-order valence-electron chi connectivity index (χ3n) is 3.10. The van der Waals surface area contributed by atoms with Crippen molar-refractivity contribution in [2.75, 3.05) is 11.9 Å². The molecule has 0 aromatic carbocycles. The van der Waals surface area contributed by atoms with E-state index < -0.39 is 0 Å². The molecule has 2 N–H and O–H groups in total. The standard InChI is InChI=1S/C14H16N6OS/c1-2-13-18-10(9-22-13)3-6-16-14(21)19-12-4-7-15-11-5-8-17-20(11)12/h4-5,7-9H,2-3,6H2,1H3,(H2,16,19,21). The summed E-state index contributed by atoms with van der Waals surface area (Å²) in [6.07, 6.45) is 4.94. The number of rotatable bonds is 5. The second-order valence-corrected chi connectivity index (χ2v) is 5.59. The van der Waals surface area contributed by atoms with E-state index in [0.29, 0.717) is 18.0 Å². The van der Waals surface area contributed by atoms with Crippen molar-refractivity contribution in [2.24, 2.45) is 0 Å². The average molecular weight is 316 g/mol. The van der Waals surface area contributed by atoms with E-state index in [4.69, 9.17) is 0 Å². The Labute approximate surface area is 131 Å². The van der Waals surface area contributed by atoms with Gasteiger partial charge in [0.25, 0.3) is 0 Å². The normalized spacial score (nSPS) is 10.8. The summed E-state index contributed by atoms with van der Waals surface area (Å²) in [6, 6.07) is 3.21. The SMILES string of the molecule is CCc1nc(CCNC(=O)Nc2ccnc3ccnn23)cs1. The minimum atomic E-state index is -0.269. The largest absolute Gasteiger partial charge is 0.337 e. The van der Waals surface area contributed by atoms with Crippen LogP contribution in [0, 0.1) is 0 Å². The molecule has 0 radical (unpaired) electrons. The summed E-state index contributed by atoms with van der Waals surface area (Å²) in [5.41, 5.74) is 1.70. The van der Waals surface area contributed by atoms with Gasteiger partial charge in [0, 0.05) is 30.6 Å². The highest BCUT2D eigenvalue weighted by Gasteiger charge is 2.06. The van der Waals surface area contributed by atoms with E-state index in [-0.39, 0.29) is 6.03 Å². The predicted octanol–water partition coefficient (Wildman–Crippen LogP) is 2.11. The monoisotopic (exact) mass is 316 g/mol. The Kier molecular flexibility index (Phi) is 4.29. The molecule has 0 fully saturated rings. The molecule has 0 aliphatic rings. The molecule has 0 aliphatic heterocycles. The first kappa shape index (κ1) is 14.5. The molecule has 3 aromatic heterocycles. The predicted molar refractivity (Wildman–Crippen MR) is 85.2 cm³/mol. The van der Waals surface area contributed by atoms with Crippen molar-refractivity contribution in [3.8, 4) is 0 Å². The van der Waals surface area contributed by atoms with Crippen LogP contribution in [-0.4, -0.2) is 32.2 Å². The molecule has 0 atom stereocenters. The summed E-state index contributed by atoms with van der Waals surface area (Å²) < 4.78 is 1.58. The van der Waals surface area contributed by atoms with Crippen LogP contribution < -0.4 is 10.6 Å². The number of nitrogens with zero attached hydrogens (tertiary/aromatic N) is 4. The molecular formula is C14H16N6OS. The van der Waals surface area contributed by atoms with Crippen LogP contribution in [0.1, 0.15) is 17.6 Å². The second-order valence-electron chi connectivity index (χ2n) is 4.65. The van der Waals surface area contributed by atoms with Gasteiger partial charge in [0.15, 0.2) is 5.65 Å². The molecule has 0 bridgehead atoms. The number of hydrogen-bond acceptors (Lipinski definition) is 5. The number of amides is 2. The van der Waals surface area contributed by atoms with Crippen molar-refractivity contribution < 1.29 is 4.79 Å². The molecule has 0 saturated heterocycles. The third kappa shape index (κ3) is 3.22. The van der Waals surface area contributed by atoms with E-state index in [9.17, 15) is 4.79 Å². The number of carbonyl (C=O) groups excluding carboxylic acids is 1. The Balaban J connectivity index is 1.53. The Bertz CT molecular complexity index is 780. The van der Waals surface area contributed by atoms with Gasteiger partial charge in [-0.2, -0.15) is 9.61 Å². The maximum Gasteiger partial charge on any atom is 0.320 e. The zero-order valence-electron chi connectivity index (χ0n) is 12.1. The lowest BCUT2D eigenvalue weighted by Gasteiger charge is -2.08. The fourth-order valence-electron chi connectivity index (χ4n) is 2.02. The van der Waals surface area contributed by atoms with Crippen LogP contribution in [0.2, 0.25) is 0 Å². The lowest BCUT2D eigenvalue weighted by molar-refractivity contribution is 0.252. The van der Waals surface area contributed by atoms with Crippen molar-refractivity contribution >= 4 is 28.8 Å². The van der Waals surface area contributed by atoms with Gasteiger partial charge in [0.05, 0.1) is 16.9 Å². The lowest BCUT2D eigenvalue weighted by atomic mass is 10.3. The molecule has 0 aliphatic carbocycles. The Hall–Kier alpha value is -2.48. The highest BCUT2D eigenvalue weighted by Crippen LogP contribution is 2.10. The smallest absolute Gasteiger partial charge is 0.320 e. The maximum atomic E-state index is 11.9. The van der Waals surface area contributed by atoms with Crippen molar-refractivity contribution in [3.63, 3.8) is 0 Å².